The van der Waals surface area contributed by atoms with Gasteiger partial charge in [-0.1, -0.05) is 19.1 Å². The van der Waals surface area contributed by atoms with Gasteiger partial charge in [-0.15, -0.1) is 0 Å². The van der Waals surface area contributed by atoms with Gasteiger partial charge in [-0.3, -0.25) is 0 Å². The van der Waals surface area contributed by atoms with Gasteiger partial charge in [0.15, 0.2) is 0 Å². The van der Waals surface area contributed by atoms with Gasteiger partial charge >= 0.3 is 0 Å². The number of hydrogen-bond acceptors (Lipinski definition) is 0. The lowest BCUT2D eigenvalue weighted by atomic mass is 10.4. The van der Waals surface area contributed by atoms with Gasteiger partial charge in [0.05, 0.1) is 3.39 Å². The zero-order chi connectivity index (χ0) is 6.41. The predicted molar refractivity (Wildman–Crippen MR) is 45.4 cm³/mol. The van der Waals surface area contributed by atoms with Crippen molar-refractivity contribution >= 4 is 31.9 Å². The van der Waals surface area contributed by atoms with E-state index in [4.69, 9.17) is 0 Å². The molecule has 0 spiro atoms. The second kappa shape index (κ2) is 5.57. The fraction of sp³-hybridized carbons (Fsp3) is 0.333. The van der Waals surface area contributed by atoms with Crippen molar-refractivity contribution in [2.75, 3.05) is 0 Å². The maximum atomic E-state index is 3.23. The van der Waals surface area contributed by atoms with E-state index in [2.05, 4.69) is 44.9 Å². The molecule has 0 unspecified atom stereocenters. The van der Waals surface area contributed by atoms with Gasteiger partial charge in [-0.2, -0.15) is 0 Å². The van der Waals surface area contributed by atoms with Crippen LogP contribution in [0.3, 0.4) is 0 Å². The largest absolute Gasteiger partial charge is 0.0848 e. The monoisotopic (exact) mass is 238 g/mol. The van der Waals surface area contributed by atoms with Crippen molar-refractivity contribution in [3.8, 4) is 0 Å². The summed E-state index contributed by atoms with van der Waals surface area (Å²) < 4.78 is 0.981. The summed E-state index contributed by atoms with van der Waals surface area (Å²) in [5, 5.41) is 0. The lowest BCUT2D eigenvalue weighted by Crippen LogP contribution is -1.51. The van der Waals surface area contributed by atoms with E-state index in [0.29, 0.717) is 0 Å². The summed E-state index contributed by atoms with van der Waals surface area (Å²) in [5.74, 6) is 0. The Kier molecular flexibility index (Phi) is 5.88. The van der Waals surface area contributed by atoms with E-state index in [1.165, 1.54) is 0 Å². The maximum absolute atomic E-state index is 3.23. The zero-order valence-electron chi connectivity index (χ0n) is 4.70. The molecule has 2 heteroatoms. The first-order valence-corrected chi connectivity index (χ1v) is 4.03. The third kappa shape index (κ3) is 6.44. The van der Waals surface area contributed by atoms with Crippen molar-refractivity contribution in [1.29, 1.82) is 0 Å². The maximum Gasteiger partial charge on any atom is 0.0603 e. The van der Waals surface area contributed by atoms with Crippen LogP contribution in [0, 0.1) is 0 Å². The number of halogens is 2. The number of allylic oxidation sites excluding steroid dienone is 3. The van der Waals surface area contributed by atoms with Crippen molar-refractivity contribution in [2.24, 2.45) is 0 Å². The van der Waals surface area contributed by atoms with Crippen molar-refractivity contribution in [2.45, 2.75) is 13.3 Å². The van der Waals surface area contributed by atoms with Crippen LogP contribution in [0.15, 0.2) is 21.6 Å². The number of hydrogen-bond donors (Lipinski definition) is 0. The SMILES string of the molecule is CCC=CC=C(Br)Br. The van der Waals surface area contributed by atoms with Gasteiger partial charge in [-0.05, 0) is 44.4 Å². The standard InChI is InChI=1S/C6H8Br2/c1-2-3-4-5-6(7)8/h3-5H,2H2,1H3. The Morgan fingerprint density at radius 1 is 1.50 bits per heavy atom. The lowest BCUT2D eigenvalue weighted by Gasteiger charge is -1.76. The Bertz CT molecular complexity index is 99.1. The Labute approximate surface area is 66.9 Å². The lowest BCUT2D eigenvalue weighted by molar-refractivity contribution is 1.22. The van der Waals surface area contributed by atoms with Crippen LogP contribution in [0.1, 0.15) is 13.3 Å². The third-order valence-corrected chi connectivity index (χ3v) is 1.12. The molecule has 46 valence electrons. The summed E-state index contributed by atoms with van der Waals surface area (Å²) in [4.78, 5) is 0. The van der Waals surface area contributed by atoms with Gasteiger partial charge in [0, 0.05) is 0 Å². The van der Waals surface area contributed by atoms with Crippen LogP contribution >= 0.6 is 31.9 Å². The minimum absolute atomic E-state index is 0.981. The molecule has 0 heterocycles. The van der Waals surface area contributed by atoms with Crippen LogP contribution in [0.2, 0.25) is 0 Å². The minimum Gasteiger partial charge on any atom is -0.0848 e. The van der Waals surface area contributed by atoms with Crippen LogP contribution in [-0.2, 0) is 0 Å². The van der Waals surface area contributed by atoms with Crippen LogP contribution < -0.4 is 0 Å². The fourth-order valence-corrected chi connectivity index (χ4v) is 0.582. The zero-order valence-corrected chi connectivity index (χ0v) is 7.87. The van der Waals surface area contributed by atoms with Gasteiger partial charge in [0.2, 0.25) is 0 Å². The Morgan fingerprint density at radius 2 is 2.12 bits per heavy atom. The molecule has 0 saturated heterocycles. The molecule has 0 aliphatic carbocycles. The molecule has 0 radical (unpaired) electrons. The first kappa shape index (κ1) is 8.44. The summed E-state index contributed by atoms with van der Waals surface area (Å²) in [6.07, 6.45) is 7.12. The van der Waals surface area contributed by atoms with E-state index in [-0.39, 0.29) is 0 Å². The average Bonchev–Trinajstić information content (AvgIpc) is 1.66. The highest BCUT2D eigenvalue weighted by Gasteiger charge is 1.72. The smallest absolute Gasteiger partial charge is 0.0603 e. The van der Waals surface area contributed by atoms with E-state index in [1.807, 2.05) is 12.2 Å². The molecule has 0 bridgehead atoms. The van der Waals surface area contributed by atoms with E-state index in [1.54, 1.807) is 0 Å². The van der Waals surface area contributed by atoms with Crippen molar-refractivity contribution < 1.29 is 0 Å². The van der Waals surface area contributed by atoms with Crippen molar-refractivity contribution in [1.82, 2.24) is 0 Å². The van der Waals surface area contributed by atoms with Gasteiger partial charge in [-0.25, -0.2) is 0 Å². The Balaban J connectivity index is 3.42. The average molecular weight is 240 g/mol. The van der Waals surface area contributed by atoms with Gasteiger partial charge < -0.3 is 0 Å². The van der Waals surface area contributed by atoms with E-state index in [0.717, 1.165) is 9.81 Å². The molecule has 0 rings (SSSR count). The Morgan fingerprint density at radius 3 is 2.50 bits per heavy atom. The summed E-state index contributed by atoms with van der Waals surface area (Å²) in [6.45, 7) is 2.10. The molecule has 0 aromatic rings. The molecule has 8 heavy (non-hydrogen) atoms. The molecule has 0 aliphatic rings. The first-order chi connectivity index (χ1) is 3.77. The highest BCUT2D eigenvalue weighted by atomic mass is 79.9. The molecule has 0 aromatic carbocycles. The molecule has 0 aliphatic heterocycles. The van der Waals surface area contributed by atoms with Crippen molar-refractivity contribution in [3.05, 3.63) is 21.6 Å². The molecule has 0 atom stereocenters. The highest BCUT2D eigenvalue weighted by molar-refractivity contribution is 9.28. The topological polar surface area (TPSA) is 0 Å². The molecule has 0 N–H and O–H groups in total. The first-order valence-electron chi connectivity index (χ1n) is 2.45. The van der Waals surface area contributed by atoms with Crippen LogP contribution in [-0.4, -0.2) is 0 Å². The Hall–Kier alpha value is 0.440. The van der Waals surface area contributed by atoms with Crippen LogP contribution in [0.25, 0.3) is 0 Å². The second-order valence-corrected chi connectivity index (χ2v) is 4.07. The van der Waals surface area contributed by atoms with E-state index >= 15 is 0 Å². The van der Waals surface area contributed by atoms with Gasteiger partial charge in [0.25, 0.3) is 0 Å². The molecule has 0 nitrogen and oxygen atoms in total. The summed E-state index contributed by atoms with van der Waals surface area (Å²) in [6, 6.07) is 0. The van der Waals surface area contributed by atoms with Crippen LogP contribution in [0.5, 0.6) is 0 Å². The molecule has 0 saturated carbocycles. The normalized spacial score (nSPS) is 9.88. The third-order valence-electron chi connectivity index (χ3n) is 0.594. The molecular weight excluding hydrogens is 232 g/mol. The van der Waals surface area contributed by atoms with Crippen molar-refractivity contribution in [3.63, 3.8) is 0 Å². The molecule has 0 fully saturated rings. The fourth-order valence-electron chi connectivity index (χ4n) is 0.277. The van der Waals surface area contributed by atoms with Gasteiger partial charge in [0.1, 0.15) is 0 Å². The number of rotatable bonds is 2. The summed E-state index contributed by atoms with van der Waals surface area (Å²) in [7, 11) is 0. The molecule has 0 amide bonds. The molecular formula is C6H8Br2. The van der Waals surface area contributed by atoms with Crippen LogP contribution in [0.4, 0.5) is 0 Å². The highest BCUT2D eigenvalue weighted by Crippen LogP contribution is 2.12. The summed E-state index contributed by atoms with van der Waals surface area (Å²) in [5.41, 5.74) is 0. The molecule has 0 aromatic heterocycles. The van der Waals surface area contributed by atoms with E-state index < -0.39 is 0 Å². The quantitative estimate of drug-likeness (QED) is 0.647. The van der Waals surface area contributed by atoms with E-state index in [9.17, 15) is 0 Å². The summed E-state index contributed by atoms with van der Waals surface area (Å²) >= 11 is 6.46. The minimum atomic E-state index is 0.981. The predicted octanol–water partition coefficient (Wildman–Crippen LogP) is 3.58. The second-order valence-electron chi connectivity index (χ2n) is 1.29.